The largest absolute Gasteiger partial charge is 0.489 e. The lowest BCUT2D eigenvalue weighted by Gasteiger charge is -2.06. The summed E-state index contributed by atoms with van der Waals surface area (Å²) >= 11 is 7.32. The number of halogens is 1. The predicted octanol–water partition coefficient (Wildman–Crippen LogP) is 2.02. The molecule has 6 heteroatoms. The molecule has 0 radical (unpaired) electrons. The van der Waals surface area contributed by atoms with Crippen LogP contribution in [-0.2, 0) is 6.54 Å². The minimum absolute atomic E-state index is 0.0828. The van der Waals surface area contributed by atoms with Crippen molar-refractivity contribution >= 4 is 22.9 Å². The fraction of sp³-hybridized carbons (Fsp3) is 0.200. The van der Waals surface area contributed by atoms with Gasteiger partial charge in [-0.05, 0) is 22.4 Å². The summed E-state index contributed by atoms with van der Waals surface area (Å²) < 4.78 is 6.38. The van der Waals surface area contributed by atoms with E-state index in [1.807, 2.05) is 16.8 Å². The van der Waals surface area contributed by atoms with Crippen LogP contribution >= 0.6 is 22.9 Å². The summed E-state index contributed by atoms with van der Waals surface area (Å²) in [5.74, 6) is 0.0828. The zero-order chi connectivity index (χ0) is 11.5. The Morgan fingerprint density at radius 1 is 1.62 bits per heavy atom. The van der Waals surface area contributed by atoms with Crippen molar-refractivity contribution in [2.75, 3.05) is 7.11 Å². The molecule has 2 aromatic heterocycles. The normalized spacial score (nSPS) is 10.4. The zero-order valence-corrected chi connectivity index (χ0v) is 10.1. The molecule has 0 atom stereocenters. The second-order valence-corrected chi connectivity index (χ2v) is 4.27. The minimum Gasteiger partial charge on any atom is -0.489 e. The van der Waals surface area contributed by atoms with Crippen molar-refractivity contribution < 1.29 is 4.74 Å². The Balaban J connectivity index is 2.39. The van der Waals surface area contributed by atoms with Crippen LogP contribution in [0.15, 0.2) is 27.9 Å². The first-order chi connectivity index (χ1) is 7.72. The molecule has 0 aromatic carbocycles. The Hall–Kier alpha value is -1.33. The summed E-state index contributed by atoms with van der Waals surface area (Å²) in [5, 5.41) is 4.03. The molecular weight excluding hydrogens is 248 g/mol. The number of hydrogen-bond donors (Lipinski definition) is 0. The fourth-order valence-electron chi connectivity index (χ4n) is 1.31. The molecule has 0 aliphatic heterocycles. The average Bonchev–Trinajstić information content (AvgIpc) is 2.76. The maximum absolute atomic E-state index is 11.9. The van der Waals surface area contributed by atoms with Crippen LogP contribution in [0.3, 0.4) is 0 Å². The maximum Gasteiger partial charge on any atom is 0.297 e. The highest BCUT2D eigenvalue weighted by Crippen LogP contribution is 2.15. The van der Waals surface area contributed by atoms with Crippen LogP contribution in [0.2, 0.25) is 5.15 Å². The van der Waals surface area contributed by atoms with Crippen LogP contribution < -0.4 is 10.3 Å². The highest BCUT2D eigenvalue weighted by Gasteiger charge is 2.10. The lowest BCUT2D eigenvalue weighted by molar-refractivity contribution is 0.401. The van der Waals surface area contributed by atoms with E-state index >= 15 is 0 Å². The van der Waals surface area contributed by atoms with Gasteiger partial charge in [-0.3, -0.25) is 9.36 Å². The third-order valence-corrected chi connectivity index (χ3v) is 3.09. The highest BCUT2D eigenvalue weighted by molar-refractivity contribution is 7.07. The molecule has 0 N–H and O–H groups in total. The Morgan fingerprint density at radius 3 is 3.06 bits per heavy atom. The van der Waals surface area contributed by atoms with Crippen molar-refractivity contribution in [2.24, 2.45) is 0 Å². The molecule has 2 heterocycles. The Labute approximate surface area is 101 Å². The standard InChI is InChI=1S/C10H9ClN2O2S/c1-15-8-9(11)12-6-13(10(8)14)4-7-2-3-16-5-7/h2-3,5-6H,4H2,1H3. The van der Waals surface area contributed by atoms with Gasteiger partial charge in [0.2, 0.25) is 5.75 Å². The van der Waals surface area contributed by atoms with Crippen molar-refractivity contribution in [2.45, 2.75) is 6.54 Å². The van der Waals surface area contributed by atoms with Crippen LogP contribution in [0.1, 0.15) is 5.56 Å². The van der Waals surface area contributed by atoms with Gasteiger partial charge in [0.25, 0.3) is 5.56 Å². The highest BCUT2D eigenvalue weighted by atomic mass is 35.5. The average molecular weight is 257 g/mol. The monoisotopic (exact) mass is 256 g/mol. The van der Waals surface area contributed by atoms with Gasteiger partial charge in [0.15, 0.2) is 5.15 Å². The van der Waals surface area contributed by atoms with E-state index in [9.17, 15) is 4.79 Å². The smallest absolute Gasteiger partial charge is 0.297 e. The summed E-state index contributed by atoms with van der Waals surface area (Å²) in [6.07, 6.45) is 1.42. The first kappa shape index (κ1) is 11.2. The van der Waals surface area contributed by atoms with Crippen molar-refractivity contribution in [3.63, 3.8) is 0 Å². The summed E-state index contributed by atoms with van der Waals surface area (Å²) in [5.41, 5.74) is 0.784. The van der Waals surface area contributed by atoms with Crippen molar-refractivity contribution in [3.8, 4) is 5.75 Å². The van der Waals surface area contributed by atoms with Gasteiger partial charge in [0, 0.05) is 0 Å². The predicted molar refractivity (Wildman–Crippen MR) is 63.5 cm³/mol. The van der Waals surface area contributed by atoms with Crippen LogP contribution in [-0.4, -0.2) is 16.7 Å². The Kier molecular flexibility index (Phi) is 3.26. The lowest BCUT2D eigenvalue weighted by atomic mass is 10.3. The van der Waals surface area contributed by atoms with E-state index in [0.29, 0.717) is 6.54 Å². The van der Waals surface area contributed by atoms with Gasteiger partial charge >= 0.3 is 0 Å². The van der Waals surface area contributed by atoms with Crippen LogP contribution in [0.4, 0.5) is 0 Å². The molecule has 0 aliphatic carbocycles. The maximum atomic E-state index is 11.9. The fourth-order valence-corrected chi connectivity index (χ4v) is 2.18. The number of aromatic nitrogens is 2. The summed E-state index contributed by atoms with van der Waals surface area (Å²) in [6.45, 7) is 0.475. The third kappa shape index (κ3) is 2.10. The quantitative estimate of drug-likeness (QED) is 0.789. The molecule has 0 amide bonds. The van der Waals surface area contributed by atoms with Crippen molar-refractivity contribution in [3.05, 3.63) is 44.2 Å². The molecule has 0 bridgehead atoms. The molecule has 4 nitrogen and oxygen atoms in total. The number of thiophene rings is 1. The first-order valence-electron chi connectivity index (χ1n) is 4.52. The number of nitrogens with zero attached hydrogens (tertiary/aromatic N) is 2. The van der Waals surface area contributed by atoms with E-state index in [0.717, 1.165) is 5.56 Å². The summed E-state index contributed by atoms with van der Waals surface area (Å²) in [7, 11) is 1.40. The number of methoxy groups -OCH3 is 1. The zero-order valence-electron chi connectivity index (χ0n) is 8.51. The van der Waals surface area contributed by atoms with E-state index in [2.05, 4.69) is 4.98 Å². The van der Waals surface area contributed by atoms with E-state index in [-0.39, 0.29) is 16.5 Å². The van der Waals surface area contributed by atoms with Gasteiger partial charge in [-0.25, -0.2) is 4.98 Å². The van der Waals surface area contributed by atoms with Gasteiger partial charge in [-0.1, -0.05) is 11.6 Å². The summed E-state index contributed by atoms with van der Waals surface area (Å²) in [6, 6.07) is 1.96. The molecule has 0 saturated heterocycles. The molecule has 0 saturated carbocycles. The molecule has 2 rings (SSSR count). The minimum atomic E-state index is -0.270. The number of rotatable bonds is 3. The Bertz CT molecular complexity index is 536. The van der Waals surface area contributed by atoms with E-state index in [1.165, 1.54) is 18.0 Å². The second kappa shape index (κ2) is 4.67. The molecule has 2 aromatic rings. The molecule has 0 spiro atoms. The van der Waals surface area contributed by atoms with Crippen LogP contribution in [0.5, 0.6) is 5.75 Å². The summed E-state index contributed by atoms with van der Waals surface area (Å²) in [4.78, 5) is 15.8. The van der Waals surface area contributed by atoms with Crippen molar-refractivity contribution in [1.82, 2.24) is 9.55 Å². The molecule has 0 aliphatic rings. The molecule has 84 valence electrons. The van der Waals surface area contributed by atoms with Gasteiger partial charge < -0.3 is 4.74 Å². The van der Waals surface area contributed by atoms with E-state index in [1.54, 1.807) is 11.3 Å². The lowest BCUT2D eigenvalue weighted by Crippen LogP contribution is -2.22. The molecular formula is C10H9ClN2O2S. The van der Waals surface area contributed by atoms with Crippen LogP contribution in [0, 0.1) is 0 Å². The molecule has 0 fully saturated rings. The SMILES string of the molecule is COc1c(Cl)ncn(Cc2ccsc2)c1=O. The molecule has 0 unspecified atom stereocenters. The molecule has 16 heavy (non-hydrogen) atoms. The number of hydrogen-bond acceptors (Lipinski definition) is 4. The van der Waals surface area contributed by atoms with Gasteiger partial charge in [-0.2, -0.15) is 11.3 Å². The topological polar surface area (TPSA) is 44.1 Å². The van der Waals surface area contributed by atoms with Crippen molar-refractivity contribution in [1.29, 1.82) is 0 Å². The number of ether oxygens (including phenoxy) is 1. The second-order valence-electron chi connectivity index (χ2n) is 3.13. The van der Waals surface area contributed by atoms with Gasteiger partial charge in [0.05, 0.1) is 20.0 Å². The van der Waals surface area contributed by atoms with Crippen LogP contribution in [0.25, 0.3) is 0 Å². The van der Waals surface area contributed by atoms with Gasteiger partial charge in [-0.15, -0.1) is 0 Å². The Morgan fingerprint density at radius 2 is 2.44 bits per heavy atom. The van der Waals surface area contributed by atoms with E-state index < -0.39 is 0 Å². The van der Waals surface area contributed by atoms with E-state index in [4.69, 9.17) is 16.3 Å². The van der Waals surface area contributed by atoms with Gasteiger partial charge in [0.1, 0.15) is 0 Å². The first-order valence-corrected chi connectivity index (χ1v) is 5.84. The third-order valence-electron chi connectivity index (χ3n) is 2.09.